The Hall–Kier alpha value is -15.5. The number of fused-ring (bicyclic) bond motifs is 2. The third-order valence-electron chi connectivity index (χ3n) is 19.9. The van der Waals surface area contributed by atoms with E-state index in [0.29, 0.717) is 135 Å². The molecular formula is C93H61BBrCl2F9N12O16S3. The van der Waals surface area contributed by atoms with E-state index in [1.807, 2.05) is 10.8 Å². The molecule has 5 heterocycles. The van der Waals surface area contributed by atoms with Crippen molar-refractivity contribution in [2.24, 2.45) is 0 Å². The van der Waals surface area contributed by atoms with Crippen LogP contribution in [-0.2, 0) is 57.2 Å². The fraction of sp³-hybridized carbons (Fsp3) is 0.0538. The fourth-order valence-electron chi connectivity index (χ4n) is 13.4. The summed E-state index contributed by atoms with van der Waals surface area (Å²) in [5.41, 5.74) is 2.34. The van der Waals surface area contributed by atoms with Crippen LogP contribution in [0.2, 0.25) is 10.0 Å². The summed E-state index contributed by atoms with van der Waals surface area (Å²) in [6.45, 7) is 6.66. The summed E-state index contributed by atoms with van der Waals surface area (Å²) in [5.74, 6) is -17.4. The number of carboxylic acids is 2. The average molecular weight is 2030 g/mol. The molecule has 15 aromatic rings. The maximum atomic E-state index is 15.2. The zero-order valence-corrected chi connectivity index (χ0v) is 75.1. The Labute approximate surface area is 790 Å². The van der Waals surface area contributed by atoms with Crippen molar-refractivity contribution in [1.29, 1.82) is 5.26 Å². The number of carbonyl (C=O) groups is 5. The third kappa shape index (κ3) is 24.7. The Morgan fingerprint density at radius 1 is 0.460 bits per heavy atom. The van der Waals surface area contributed by atoms with Gasteiger partial charge in [-0.05, 0) is 193 Å². The number of benzene rings is 10. The van der Waals surface area contributed by atoms with Gasteiger partial charge in [0, 0.05) is 98.4 Å². The summed E-state index contributed by atoms with van der Waals surface area (Å²) in [6.07, 6.45) is 6.52. The minimum atomic E-state index is -4.37. The number of hydrogen-bond acceptors (Lipinski definition) is 20. The number of esters is 1. The topological polar surface area (TPSA) is 431 Å². The summed E-state index contributed by atoms with van der Waals surface area (Å²) in [4.78, 5) is 83.3. The molecular weight excluding hydrogens is 1970 g/mol. The number of amides is 2. The van der Waals surface area contributed by atoms with E-state index in [0.717, 1.165) is 13.2 Å². The normalized spacial score (nSPS) is 11.5. The van der Waals surface area contributed by atoms with Gasteiger partial charge in [-0.25, -0.2) is 85.8 Å². The maximum absolute atomic E-state index is 15.2. The molecule has 44 heteroatoms. The third-order valence-corrected chi connectivity index (χ3v) is 25.4. The lowest BCUT2D eigenvalue weighted by molar-refractivity contribution is -0.143. The van der Waals surface area contributed by atoms with Gasteiger partial charge in [-0.3, -0.25) is 33.7 Å². The number of nitrogens with one attached hydrogen (secondary N) is 5. The first-order valence-electron chi connectivity index (χ1n) is 39.1. The van der Waals surface area contributed by atoms with Gasteiger partial charge in [0.1, 0.15) is 63.7 Å². The molecule has 0 saturated carbocycles. The summed E-state index contributed by atoms with van der Waals surface area (Å²) in [6, 6.07) is 49.2. The summed E-state index contributed by atoms with van der Waals surface area (Å²) < 4.78 is 217. The number of aliphatic carboxylic acids is 1. The van der Waals surface area contributed by atoms with Crippen LogP contribution in [0.1, 0.15) is 47.8 Å². The molecule has 15 rings (SSSR count). The first-order chi connectivity index (χ1) is 65.1. The van der Waals surface area contributed by atoms with E-state index in [1.54, 1.807) is 79.0 Å². The molecule has 0 aliphatic carbocycles. The molecule has 0 spiro atoms. The van der Waals surface area contributed by atoms with Gasteiger partial charge >= 0.3 is 25.0 Å². The molecule has 2 atom stereocenters. The molecule has 0 aliphatic rings. The Balaban J connectivity index is 0.000000179. The van der Waals surface area contributed by atoms with Crippen molar-refractivity contribution in [3.63, 3.8) is 0 Å². The van der Waals surface area contributed by atoms with Crippen LogP contribution >= 0.6 is 39.1 Å². The van der Waals surface area contributed by atoms with E-state index in [9.17, 15) is 81.5 Å². The SMILES string of the molecule is COC(=O)[C@H](Cc1ccc(Br)c2ncccc12)NC(=O)c1c(F)cc(NS(=O)(=O)c2ccc(-c3ccnc(F)c3)cc2)cc1F.N#Cc1ccc(-c2ccc(C[C@H](NC(=O)c3c(F)cc(NS(=O)(=O)c4ccc(-c5ccnc(F)c5)cc4)cc3F)C(=O)O)c3cccnc23)c(Cl)c1.O=C(O)c1c(F)cc(NS(=O)(=O)c2ccc(-c3ccnc(F)c3)cc2)cc1F.[C-]#[N+]c1ccc(B(O)O)c(Cl)c1. The quantitative estimate of drug-likeness (QED) is 0.00843. The van der Waals surface area contributed by atoms with Gasteiger partial charge < -0.3 is 35.6 Å². The average Bonchev–Trinajstić information content (AvgIpc) is 0.717. The number of nitriles is 1. The van der Waals surface area contributed by atoms with Gasteiger partial charge in [-0.2, -0.15) is 18.4 Å². The molecule has 0 fully saturated rings. The highest BCUT2D eigenvalue weighted by molar-refractivity contribution is 9.10. The molecule has 137 heavy (non-hydrogen) atoms. The van der Waals surface area contributed by atoms with Crippen LogP contribution in [0.5, 0.6) is 0 Å². The molecule has 694 valence electrons. The lowest BCUT2D eigenvalue weighted by Crippen LogP contribution is -2.43. The molecule has 0 aliphatic heterocycles. The number of aromatic carboxylic acids is 1. The Morgan fingerprint density at radius 3 is 1.22 bits per heavy atom. The van der Waals surface area contributed by atoms with Crippen molar-refractivity contribution < 1.29 is 114 Å². The second-order valence-electron chi connectivity index (χ2n) is 28.8. The smallest absolute Gasteiger partial charge is 0.480 e. The minimum absolute atomic E-state index is 0.0795. The summed E-state index contributed by atoms with van der Waals surface area (Å²) in [5, 5.41) is 51.6. The second kappa shape index (κ2) is 43.6. The number of ether oxygens (including phenoxy) is 1. The van der Waals surface area contributed by atoms with E-state index in [2.05, 4.69) is 65.8 Å². The Morgan fingerprint density at radius 2 is 0.847 bits per heavy atom. The summed E-state index contributed by atoms with van der Waals surface area (Å²) in [7, 11) is -13.4. The van der Waals surface area contributed by atoms with Crippen molar-refractivity contribution >= 4 is 156 Å². The van der Waals surface area contributed by atoms with Crippen molar-refractivity contribution in [3.05, 3.63) is 374 Å². The standard InChI is InChI=1S/C37H23ClF3N5O5S.C31H22BrF3N4O5S.C18H11F3N2O4S.C7H5BClNO2/c38-29-14-20(19-42)3-9-27(29)28-10-6-23(26-2-1-12-44-35(26)28)15-32(37(48)49)45-36(47)34-30(39)17-24(18-31(34)40)46-52(50,51)25-7-4-21(5-8-25)22-11-13-43-33(41)16-22;1-44-31(41)26(13-19-6-9-23(32)29-22(19)3-2-11-37-29)38-30(40)28-24(33)15-20(16-25(28)34)39-45(42,43)21-7-4-17(5-8-21)18-10-12-36-27(35)14-18;19-14-8-12(9-15(20)17(14)18(24)25)23-28(26,27)13-3-1-10(2-4-13)11-5-6-22-16(21)7-11;1-10-5-2-3-6(8(11)12)7(9)4-5/h1-14,16-18,32,46H,15H2,(H,45,47)(H,48,49);2-12,14-16,26,39H,13H2,1H3,(H,38,40);1-9,23H,(H,24,25);2-4,11-12H/t32-;26-;;/m00../s1. The number of halogens is 12. The van der Waals surface area contributed by atoms with Crippen LogP contribution in [-0.4, -0.2) is 126 Å². The van der Waals surface area contributed by atoms with Crippen LogP contribution in [0.25, 0.3) is 71.2 Å². The number of anilines is 3. The van der Waals surface area contributed by atoms with Crippen molar-refractivity contribution in [3.8, 4) is 50.6 Å². The van der Waals surface area contributed by atoms with E-state index in [4.69, 9.17) is 49.7 Å². The number of nitrogens with zero attached hydrogens (tertiary/aromatic N) is 7. The van der Waals surface area contributed by atoms with Gasteiger partial charge in [-0.1, -0.05) is 108 Å². The fourth-order valence-corrected chi connectivity index (χ4v) is 17.6. The lowest BCUT2D eigenvalue weighted by Gasteiger charge is -2.18. The molecule has 28 nitrogen and oxygen atoms in total. The molecule has 9 N–H and O–H groups in total. The predicted molar refractivity (Wildman–Crippen MR) is 491 cm³/mol. The molecule has 0 radical (unpaired) electrons. The summed E-state index contributed by atoms with van der Waals surface area (Å²) >= 11 is 15.5. The molecule has 5 aromatic heterocycles. The van der Waals surface area contributed by atoms with Crippen LogP contribution in [0.4, 0.5) is 62.3 Å². The van der Waals surface area contributed by atoms with E-state index in [-0.39, 0.29) is 38.0 Å². The molecule has 10 aromatic carbocycles. The van der Waals surface area contributed by atoms with Gasteiger partial charge in [0.05, 0.1) is 68.1 Å². The minimum Gasteiger partial charge on any atom is -0.480 e. The lowest BCUT2D eigenvalue weighted by atomic mass is 9.80. The molecule has 2 amide bonds. The number of pyridine rings is 5. The highest BCUT2D eigenvalue weighted by Crippen LogP contribution is 2.37. The van der Waals surface area contributed by atoms with Crippen LogP contribution in [0.15, 0.2) is 281 Å². The highest BCUT2D eigenvalue weighted by atomic mass is 79.9. The number of rotatable bonds is 25. The van der Waals surface area contributed by atoms with Crippen LogP contribution in [0.3, 0.4) is 0 Å². The van der Waals surface area contributed by atoms with Crippen molar-refractivity contribution in [1.82, 2.24) is 35.6 Å². The maximum Gasteiger partial charge on any atom is 0.489 e. The molecule has 0 unspecified atom stereocenters. The number of carboxylic acid groups (broad SMARTS) is 2. The first kappa shape index (κ1) is 100. The number of hydrogen-bond donors (Lipinski definition) is 9. The van der Waals surface area contributed by atoms with Crippen molar-refractivity contribution in [2.45, 2.75) is 39.6 Å². The van der Waals surface area contributed by atoms with Crippen molar-refractivity contribution in [2.75, 3.05) is 21.3 Å². The van der Waals surface area contributed by atoms with E-state index in [1.165, 1.54) is 140 Å². The van der Waals surface area contributed by atoms with Gasteiger partial charge in [0.15, 0.2) is 5.69 Å². The number of aromatic nitrogens is 5. The zero-order chi connectivity index (χ0) is 99.1. The molecule has 0 bridgehead atoms. The van der Waals surface area contributed by atoms with E-state index < -0.39 is 165 Å². The van der Waals surface area contributed by atoms with Gasteiger partial charge in [0.2, 0.25) is 17.8 Å². The molecule has 0 saturated heterocycles. The number of sulfonamides is 3. The zero-order valence-electron chi connectivity index (χ0n) is 69.6. The predicted octanol–water partition coefficient (Wildman–Crippen LogP) is 17.2. The number of methoxy groups -OCH3 is 1. The monoisotopic (exact) mass is 2030 g/mol. The Kier molecular flexibility index (Phi) is 32.0. The second-order valence-corrected chi connectivity index (χ2v) is 35.6. The van der Waals surface area contributed by atoms with E-state index >= 15 is 17.6 Å². The number of carbonyl (C=O) groups excluding carboxylic acids is 3. The van der Waals surface area contributed by atoms with Gasteiger partial charge in [0.25, 0.3) is 41.9 Å². The van der Waals surface area contributed by atoms with Gasteiger partial charge in [-0.15, -0.1) is 0 Å². The largest absolute Gasteiger partial charge is 0.489 e. The van der Waals surface area contributed by atoms with Crippen LogP contribution in [0, 0.1) is 70.6 Å². The first-order valence-corrected chi connectivity index (χ1v) is 45.1. The Bertz CT molecular complexity index is 7660. The van der Waals surface area contributed by atoms with Crippen LogP contribution < -0.4 is 30.3 Å². The highest BCUT2D eigenvalue weighted by Gasteiger charge is 2.32.